The Morgan fingerprint density at radius 1 is 1.43 bits per heavy atom. The second kappa shape index (κ2) is 7.83. The first-order chi connectivity index (χ1) is 6.52. The van der Waals surface area contributed by atoms with Crippen LogP contribution in [-0.4, -0.2) is 44.2 Å². The van der Waals surface area contributed by atoms with E-state index in [0.29, 0.717) is 6.04 Å². The monoisotopic (exact) mass is 200 g/mol. The lowest BCUT2D eigenvalue weighted by atomic mass is 10.4. The van der Waals surface area contributed by atoms with Gasteiger partial charge in [-0.2, -0.15) is 0 Å². The number of hydrogen-bond acceptors (Lipinski definition) is 3. The molecule has 0 rings (SSSR count). The molecule has 0 aliphatic rings. The van der Waals surface area contributed by atoms with E-state index < -0.39 is 0 Å². The number of rotatable bonds is 8. The second-order valence-corrected chi connectivity index (χ2v) is 3.96. The van der Waals surface area contributed by atoms with E-state index in [1.54, 1.807) is 0 Å². The lowest BCUT2D eigenvalue weighted by Gasteiger charge is -2.18. The molecule has 0 fully saturated rings. The van der Waals surface area contributed by atoms with Crippen LogP contribution in [0.3, 0.4) is 0 Å². The molecule has 0 saturated heterocycles. The third-order valence-electron chi connectivity index (χ3n) is 1.87. The lowest BCUT2D eigenvalue weighted by Crippen LogP contribution is -2.34. The summed E-state index contributed by atoms with van der Waals surface area (Å²) in [6.07, 6.45) is 0. The van der Waals surface area contributed by atoms with Gasteiger partial charge in [0.15, 0.2) is 0 Å². The van der Waals surface area contributed by atoms with Crippen LogP contribution in [0, 0.1) is 0 Å². The Labute approximate surface area is 88.1 Å². The Bertz CT molecular complexity index is 157. The van der Waals surface area contributed by atoms with Crippen LogP contribution in [0.5, 0.6) is 0 Å². The fraction of sp³-hybridized carbons (Fsp3) is 0.818. The van der Waals surface area contributed by atoms with Gasteiger partial charge in [0.1, 0.15) is 6.61 Å². The Morgan fingerprint density at radius 3 is 2.57 bits per heavy atom. The quantitative estimate of drug-likeness (QED) is 0.600. The van der Waals surface area contributed by atoms with Gasteiger partial charge in [-0.25, -0.2) is 0 Å². The summed E-state index contributed by atoms with van der Waals surface area (Å²) in [7, 11) is 2.10. The first-order valence-corrected chi connectivity index (χ1v) is 5.22. The average Bonchev–Trinajstić information content (AvgIpc) is 2.02. The topological polar surface area (TPSA) is 24.5 Å². The van der Waals surface area contributed by atoms with Crippen molar-refractivity contribution in [1.29, 1.82) is 0 Å². The van der Waals surface area contributed by atoms with E-state index in [4.69, 9.17) is 4.74 Å². The maximum Gasteiger partial charge on any atom is 0.100 e. The van der Waals surface area contributed by atoms with Gasteiger partial charge < -0.3 is 15.0 Å². The Balaban J connectivity index is 3.27. The van der Waals surface area contributed by atoms with Gasteiger partial charge in [-0.3, -0.25) is 0 Å². The van der Waals surface area contributed by atoms with Gasteiger partial charge in [-0.1, -0.05) is 20.4 Å². The van der Waals surface area contributed by atoms with Crippen molar-refractivity contribution in [3.63, 3.8) is 0 Å². The number of hydrogen-bond donors (Lipinski definition) is 1. The zero-order valence-corrected chi connectivity index (χ0v) is 9.97. The Hall–Kier alpha value is -0.540. The van der Waals surface area contributed by atoms with Gasteiger partial charge in [0.05, 0.1) is 5.76 Å². The molecule has 0 radical (unpaired) electrons. The van der Waals surface area contributed by atoms with Crippen molar-refractivity contribution in [3.05, 3.63) is 12.3 Å². The number of allylic oxidation sites excluding steroid dienone is 1. The van der Waals surface area contributed by atoms with Gasteiger partial charge in [0.2, 0.25) is 0 Å². The summed E-state index contributed by atoms with van der Waals surface area (Å²) in [6, 6.07) is 0.565. The minimum Gasteiger partial charge on any atom is -0.498 e. The van der Waals surface area contributed by atoms with E-state index in [1.165, 1.54) is 0 Å². The molecule has 0 aromatic carbocycles. The standard InChI is InChI=1S/C11H24N2O/c1-10(2)12-6-7-13(5)8-9-14-11(3)4/h10,12H,3,6-9H2,1-2,4-5H3. The summed E-state index contributed by atoms with van der Waals surface area (Å²) in [4.78, 5) is 2.25. The van der Waals surface area contributed by atoms with E-state index >= 15 is 0 Å². The van der Waals surface area contributed by atoms with E-state index in [9.17, 15) is 0 Å². The highest BCUT2D eigenvalue weighted by molar-refractivity contribution is 4.73. The highest BCUT2D eigenvalue weighted by Crippen LogP contribution is 1.90. The number of likely N-dealkylation sites (N-methyl/N-ethyl adjacent to an activating group) is 1. The minimum atomic E-state index is 0.565. The molecule has 0 aromatic rings. The molecule has 14 heavy (non-hydrogen) atoms. The molecule has 0 heterocycles. The molecule has 0 aliphatic carbocycles. The maximum atomic E-state index is 5.28. The van der Waals surface area contributed by atoms with Gasteiger partial charge in [0.25, 0.3) is 0 Å². The van der Waals surface area contributed by atoms with Gasteiger partial charge in [-0.15, -0.1) is 0 Å². The van der Waals surface area contributed by atoms with Crippen LogP contribution in [0.1, 0.15) is 20.8 Å². The van der Waals surface area contributed by atoms with Crippen molar-refractivity contribution in [2.45, 2.75) is 26.8 Å². The van der Waals surface area contributed by atoms with E-state index in [0.717, 1.165) is 32.0 Å². The van der Waals surface area contributed by atoms with E-state index in [1.807, 2.05) is 6.92 Å². The highest BCUT2D eigenvalue weighted by atomic mass is 16.5. The van der Waals surface area contributed by atoms with Crippen LogP contribution < -0.4 is 5.32 Å². The fourth-order valence-corrected chi connectivity index (χ4v) is 1.03. The molecule has 3 heteroatoms. The molecule has 0 unspecified atom stereocenters. The summed E-state index contributed by atoms with van der Waals surface area (Å²) < 4.78 is 5.28. The summed E-state index contributed by atoms with van der Waals surface area (Å²) in [5.41, 5.74) is 0. The van der Waals surface area contributed by atoms with Crippen LogP contribution in [0.15, 0.2) is 12.3 Å². The molecule has 0 amide bonds. The number of nitrogens with zero attached hydrogens (tertiary/aromatic N) is 1. The minimum absolute atomic E-state index is 0.565. The lowest BCUT2D eigenvalue weighted by molar-refractivity contribution is 0.174. The van der Waals surface area contributed by atoms with Crippen molar-refractivity contribution >= 4 is 0 Å². The van der Waals surface area contributed by atoms with Crippen molar-refractivity contribution in [2.75, 3.05) is 33.3 Å². The van der Waals surface area contributed by atoms with Gasteiger partial charge in [-0.05, 0) is 14.0 Å². The molecular formula is C11H24N2O. The molecule has 0 bridgehead atoms. The van der Waals surface area contributed by atoms with Crippen molar-refractivity contribution in [3.8, 4) is 0 Å². The first kappa shape index (κ1) is 13.5. The summed E-state index contributed by atoms with van der Waals surface area (Å²) >= 11 is 0. The smallest absolute Gasteiger partial charge is 0.100 e. The second-order valence-electron chi connectivity index (χ2n) is 3.96. The molecule has 3 nitrogen and oxygen atoms in total. The molecule has 0 aromatic heterocycles. The zero-order valence-electron chi connectivity index (χ0n) is 9.97. The maximum absolute atomic E-state index is 5.28. The number of ether oxygens (including phenoxy) is 1. The number of nitrogens with one attached hydrogen (secondary N) is 1. The predicted molar refractivity (Wildman–Crippen MR) is 61.4 cm³/mol. The van der Waals surface area contributed by atoms with E-state index in [-0.39, 0.29) is 0 Å². The van der Waals surface area contributed by atoms with Crippen LogP contribution in [0.2, 0.25) is 0 Å². The van der Waals surface area contributed by atoms with Gasteiger partial charge >= 0.3 is 0 Å². The normalized spacial score (nSPS) is 11.0. The van der Waals surface area contributed by atoms with Crippen LogP contribution in [-0.2, 0) is 4.74 Å². The predicted octanol–water partition coefficient (Wildman–Crippen LogP) is 1.47. The molecule has 0 atom stereocenters. The molecular weight excluding hydrogens is 176 g/mol. The first-order valence-electron chi connectivity index (χ1n) is 5.22. The third kappa shape index (κ3) is 9.55. The highest BCUT2D eigenvalue weighted by Gasteiger charge is 1.98. The van der Waals surface area contributed by atoms with Crippen molar-refractivity contribution < 1.29 is 4.74 Å². The fourth-order valence-electron chi connectivity index (χ4n) is 1.03. The summed E-state index contributed by atoms with van der Waals surface area (Å²) in [6.45, 7) is 13.6. The Morgan fingerprint density at radius 2 is 2.07 bits per heavy atom. The third-order valence-corrected chi connectivity index (χ3v) is 1.87. The van der Waals surface area contributed by atoms with E-state index in [2.05, 4.69) is 37.7 Å². The average molecular weight is 200 g/mol. The van der Waals surface area contributed by atoms with Gasteiger partial charge in [0, 0.05) is 25.7 Å². The van der Waals surface area contributed by atoms with Crippen molar-refractivity contribution in [1.82, 2.24) is 10.2 Å². The summed E-state index contributed by atoms with van der Waals surface area (Å²) in [5.74, 6) is 0.790. The molecule has 1 N–H and O–H groups in total. The molecule has 0 saturated carbocycles. The van der Waals surface area contributed by atoms with Crippen molar-refractivity contribution in [2.24, 2.45) is 0 Å². The molecule has 84 valence electrons. The molecule has 0 aliphatic heterocycles. The SMILES string of the molecule is C=C(C)OCCN(C)CCNC(C)C. The van der Waals surface area contributed by atoms with Crippen LogP contribution in [0.4, 0.5) is 0 Å². The summed E-state index contributed by atoms with van der Waals surface area (Å²) in [5, 5.41) is 3.38. The molecule has 0 spiro atoms. The largest absolute Gasteiger partial charge is 0.498 e. The zero-order chi connectivity index (χ0) is 11.0. The van der Waals surface area contributed by atoms with Crippen LogP contribution in [0.25, 0.3) is 0 Å². The Kier molecular flexibility index (Phi) is 7.52. The van der Waals surface area contributed by atoms with Crippen LogP contribution >= 0.6 is 0 Å².